The molecule has 1 saturated carbocycles. The van der Waals surface area contributed by atoms with Gasteiger partial charge >= 0.3 is 6.09 Å². The number of Topliss-reactive ketones (excluding diaryl/α,β-unsaturated/α-hetero) is 1. The Morgan fingerprint density at radius 2 is 2.12 bits per heavy atom. The number of likely N-dealkylation sites (tertiary alicyclic amines) is 1. The molecule has 1 aromatic rings. The zero-order valence-corrected chi connectivity index (χ0v) is 14.3. The lowest BCUT2D eigenvalue weighted by Crippen LogP contribution is -2.25. The molecule has 2 aliphatic heterocycles. The Kier molecular flexibility index (Phi) is 3.68. The number of ether oxygens (including phenoxy) is 1. The number of cyclic esters (lactones) is 1. The molecular formula is C19H21N3O3. The highest BCUT2D eigenvalue weighted by atomic mass is 16.6. The zero-order chi connectivity index (χ0) is 17.6. The highest BCUT2D eigenvalue weighted by molar-refractivity contribution is 5.89. The van der Waals surface area contributed by atoms with E-state index in [9.17, 15) is 9.59 Å². The maximum absolute atomic E-state index is 12.1. The van der Waals surface area contributed by atoms with Crippen LogP contribution in [0.5, 0.6) is 0 Å². The van der Waals surface area contributed by atoms with Crippen molar-refractivity contribution in [1.29, 1.82) is 5.26 Å². The van der Waals surface area contributed by atoms with E-state index in [1.807, 2.05) is 17.0 Å². The van der Waals surface area contributed by atoms with E-state index in [1.165, 1.54) is 5.56 Å². The monoisotopic (exact) mass is 339 g/mol. The Balaban J connectivity index is 1.44. The minimum atomic E-state index is -0.347. The first-order chi connectivity index (χ1) is 12.0. The smallest absolute Gasteiger partial charge is 0.414 e. The van der Waals surface area contributed by atoms with Gasteiger partial charge in [0, 0.05) is 30.6 Å². The van der Waals surface area contributed by atoms with Gasteiger partial charge in [-0.2, -0.15) is 5.26 Å². The van der Waals surface area contributed by atoms with Gasteiger partial charge in [-0.25, -0.2) is 4.79 Å². The molecule has 0 N–H and O–H groups in total. The van der Waals surface area contributed by atoms with Crippen molar-refractivity contribution < 1.29 is 14.3 Å². The predicted octanol–water partition coefficient (Wildman–Crippen LogP) is 2.44. The average molecular weight is 339 g/mol. The fourth-order valence-electron chi connectivity index (χ4n) is 4.23. The SMILES string of the molecule is CC(=O)CC[C@H]1CN(c2ccc(C34CC3CN(C#N)C4)cc2)C(=O)O1. The molecule has 1 aliphatic carbocycles. The Morgan fingerprint density at radius 1 is 1.36 bits per heavy atom. The predicted molar refractivity (Wildman–Crippen MR) is 90.9 cm³/mol. The molecule has 6 nitrogen and oxygen atoms in total. The Morgan fingerprint density at radius 3 is 2.76 bits per heavy atom. The summed E-state index contributed by atoms with van der Waals surface area (Å²) in [6.45, 7) is 3.69. The molecule has 1 aromatic carbocycles. The van der Waals surface area contributed by atoms with E-state index in [0.717, 1.165) is 25.2 Å². The van der Waals surface area contributed by atoms with Crippen LogP contribution in [0.3, 0.4) is 0 Å². The normalized spacial score (nSPS) is 30.0. The van der Waals surface area contributed by atoms with Crippen LogP contribution in [0.15, 0.2) is 24.3 Å². The molecule has 6 heteroatoms. The molecule has 4 rings (SSSR count). The van der Waals surface area contributed by atoms with E-state index in [4.69, 9.17) is 10.00 Å². The van der Waals surface area contributed by atoms with Gasteiger partial charge in [0.25, 0.3) is 0 Å². The van der Waals surface area contributed by atoms with E-state index in [0.29, 0.717) is 25.3 Å². The van der Waals surface area contributed by atoms with Crippen LogP contribution in [0, 0.1) is 17.4 Å². The van der Waals surface area contributed by atoms with Crippen LogP contribution in [0.1, 0.15) is 31.7 Å². The van der Waals surface area contributed by atoms with E-state index >= 15 is 0 Å². The van der Waals surface area contributed by atoms with Crippen LogP contribution in [-0.2, 0) is 14.9 Å². The molecular weight excluding hydrogens is 318 g/mol. The van der Waals surface area contributed by atoms with Crippen molar-refractivity contribution in [3.63, 3.8) is 0 Å². The minimum Gasteiger partial charge on any atom is -0.444 e. The fraction of sp³-hybridized carbons (Fsp3) is 0.526. The van der Waals surface area contributed by atoms with Crippen LogP contribution < -0.4 is 4.90 Å². The quantitative estimate of drug-likeness (QED) is 0.770. The second-order valence-electron chi connectivity index (χ2n) is 7.44. The topological polar surface area (TPSA) is 73.6 Å². The van der Waals surface area contributed by atoms with Crippen molar-refractivity contribution in [2.75, 3.05) is 24.5 Å². The number of hydrogen-bond donors (Lipinski definition) is 0. The van der Waals surface area contributed by atoms with E-state index in [-0.39, 0.29) is 23.4 Å². The van der Waals surface area contributed by atoms with Gasteiger partial charge in [-0.05, 0) is 43.4 Å². The first-order valence-corrected chi connectivity index (χ1v) is 8.74. The molecule has 0 spiro atoms. The number of piperidine rings is 1. The molecule has 1 amide bonds. The highest BCUT2D eigenvalue weighted by Crippen LogP contribution is 2.58. The summed E-state index contributed by atoms with van der Waals surface area (Å²) in [4.78, 5) is 26.7. The number of nitrogens with zero attached hydrogens (tertiary/aromatic N) is 3. The van der Waals surface area contributed by atoms with Gasteiger partial charge in [0.1, 0.15) is 11.9 Å². The molecule has 3 aliphatic rings. The molecule has 3 atom stereocenters. The number of anilines is 1. The van der Waals surface area contributed by atoms with E-state index < -0.39 is 0 Å². The summed E-state index contributed by atoms with van der Waals surface area (Å²) in [5.74, 6) is 0.686. The minimum absolute atomic E-state index is 0.111. The van der Waals surface area contributed by atoms with Crippen molar-refractivity contribution in [1.82, 2.24) is 4.90 Å². The lowest BCUT2D eigenvalue weighted by Gasteiger charge is -2.18. The van der Waals surface area contributed by atoms with E-state index in [1.54, 1.807) is 11.8 Å². The number of amides is 1. The summed E-state index contributed by atoms with van der Waals surface area (Å²) in [6, 6.07) is 8.07. The molecule has 130 valence electrons. The van der Waals surface area contributed by atoms with Crippen molar-refractivity contribution in [2.45, 2.75) is 37.7 Å². The summed E-state index contributed by atoms with van der Waals surface area (Å²) in [7, 11) is 0. The summed E-state index contributed by atoms with van der Waals surface area (Å²) in [5.41, 5.74) is 2.20. The zero-order valence-electron chi connectivity index (χ0n) is 14.3. The molecule has 0 radical (unpaired) electrons. The number of hydrogen-bond acceptors (Lipinski definition) is 5. The molecule has 2 unspecified atom stereocenters. The van der Waals surface area contributed by atoms with Gasteiger partial charge in [0.2, 0.25) is 0 Å². The first kappa shape index (κ1) is 15.9. The number of benzene rings is 1. The maximum Gasteiger partial charge on any atom is 0.414 e. The molecule has 2 saturated heterocycles. The molecule has 0 bridgehead atoms. The first-order valence-electron chi connectivity index (χ1n) is 8.74. The Bertz CT molecular complexity index is 754. The number of ketones is 1. The largest absolute Gasteiger partial charge is 0.444 e. The summed E-state index contributed by atoms with van der Waals surface area (Å²) < 4.78 is 5.36. The molecule has 25 heavy (non-hydrogen) atoms. The second-order valence-corrected chi connectivity index (χ2v) is 7.44. The van der Waals surface area contributed by atoms with Crippen LogP contribution in [0.25, 0.3) is 0 Å². The van der Waals surface area contributed by atoms with Gasteiger partial charge < -0.3 is 14.4 Å². The van der Waals surface area contributed by atoms with Crippen molar-refractivity contribution >= 4 is 17.6 Å². The van der Waals surface area contributed by atoms with Gasteiger partial charge in [-0.15, -0.1) is 0 Å². The van der Waals surface area contributed by atoms with Crippen molar-refractivity contribution in [2.24, 2.45) is 5.92 Å². The average Bonchev–Trinajstić information content (AvgIpc) is 2.98. The van der Waals surface area contributed by atoms with Gasteiger partial charge in [0.15, 0.2) is 6.19 Å². The van der Waals surface area contributed by atoms with Gasteiger partial charge in [-0.1, -0.05) is 12.1 Å². The number of nitriles is 1. The van der Waals surface area contributed by atoms with Crippen LogP contribution in [-0.4, -0.2) is 42.5 Å². The number of fused-ring (bicyclic) bond motifs is 1. The third-order valence-electron chi connectivity index (χ3n) is 5.73. The second kappa shape index (κ2) is 5.76. The molecule has 3 fully saturated rings. The third-order valence-corrected chi connectivity index (χ3v) is 5.73. The van der Waals surface area contributed by atoms with Crippen LogP contribution >= 0.6 is 0 Å². The van der Waals surface area contributed by atoms with E-state index in [2.05, 4.69) is 18.3 Å². The Labute approximate surface area is 147 Å². The lowest BCUT2D eigenvalue weighted by atomic mass is 9.95. The summed E-state index contributed by atoms with van der Waals surface area (Å²) >= 11 is 0. The van der Waals surface area contributed by atoms with Crippen molar-refractivity contribution in [3.8, 4) is 6.19 Å². The fourth-order valence-corrected chi connectivity index (χ4v) is 4.23. The highest BCUT2D eigenvalue weighted by Gasteiger charge is 2.60. The van der Waals surface area contributed by atoms with Crippen molar-refractivity contribution in [3.05, 3.63) is 29.8 Å². The molecule has 0 aromatic heterocycles. The maximum atomic E-state index is 12.1. The molecule has 2 heterocycles. The Hall–Kier alpha value is -2.55. The van der Waals surface area contributed by atoms with Gasteiger partial charge in [-0.3, -0.25) is 4.90 Å². The van der Waals surface area contributed by atoms with Crippen LogP contribution in [0.2, 0.25) is 0 Å². The number of carbonyl (C=O) groups excluding carboxylic acids is 2. The number of carbonyl (C=O) groups is 2. The summed E-state index contributed by atoms with van der Waals surface area (Å²) in [6.07, 6.45) is 3.83. The lowest BCUT2D eigenvalue weighted by molar-refractivity contribution is -0.117. The standard InChI is InChI=1S/C19H21N3O3/c1-13(23)2-7-17-10-22(18(24)25-17)16-5-3-14(4-6-16)19-8-15(19)9-21(11-19)12-20/h3-6,15,17H,2,7-11H2,1H3/t15?,17-,19?/m0/s1. The third kappa shape index (κ3) is 2.74. The van der Waals surface area contributed by atoms with Gasteiger partial charge in [0.05, 0.1) is 6.54 Å². The van der Waals surface area contributed by atoms with Crippen LogP contribution in [0.4, 0.5) is 10.5 Å². The number of rotatable bonds is 5. The summed E-state index contributed by atoms with van der Waals surface area (Å²) in [5, 5.41) is 9.08.